The molecule has 0 saturated carbocycles. The number of carbonyl (C=O) groups is 1. The van der Waals surface area contributed by atoms with E-state index >= 15 is 0 Å². The predicted molar refractivity (Wildman–Crippen MR) is 104 cm³/mol. The van der Waals surface area contributed by atoms with Crippen molar-refractivity contribution < 1.29 is 4.79 Å². The Kier molecular flexibility index (Phi) is 4.18. The van der Waals surface area contributed by atoms with Crippen molar-refractivity contribution in [2.75, 3.05) is 11.4 Å². The number of aromatic nitrogens is 2. The van der Waals surface area contributed by atoms with E-state index in [0.29, 0.717) is 24.5 Å². The molecular weight excluding hydrogens is 346 g/mol. The molecule has 5 heteroatoms. The molecule has 1 aliphatic rings. The van der Waals surface area contributed by atoms with Gasteiger partial charge in [-0.25, -0.2) is 4.98 Å². The summed E-state index contributed by atoms with van der Waals surface area (Å²) < 4.78 is 2.04. The van der Waals surface area contributed by atoms with Gasteiger partial charge in [0.15, 0.2) is 0 Å². The van der Waals surface area contributed by atoms with Crippen LogP contribution < -0.4 is 4.90 Å². The normalized spacial score (nSPS) is 17.0. The Morgan fingerprint density at radius 1 is 1.27 bits per heavy atom. The summed E-state index contributed by atoms with van der Waals surface area (Å²) in [6.07, 6.45) is 5.99. The van der Waals surface area contributed by atoms with Gasteiger partial charge in [-0.15, -0.1) is 6.42 Å². The van der Waals surface area contributed by atoms with Crippen LogP contribution in [0.25, 0.3) is 11.0 Å². The number of nitrogens with zero attached hydrogens (tertiary/aromatic N) is 3. The smallest absolute Gasteiger partial charge is 0.227 e. The van der Waals surface area contributed by atoms with Gasteiger partial charge in [0.05, 0.1) is 17.6 Å². The maximum absolute atomic E-state index is 12.7. The number of rotatable bonds is 3. The van der Waals surface area contributed by atoms with Crippen LogP contribution >= 0.6 is 11.6 Å². The minimum atomic E-state index is 0.00151. The van der Waals surface area contributed by atoms with Gasteiger partial charge in [-0.05, 0) is 36.8 Å². The molecule has 1 atom stereocenters. The number of fused-ring (bicyclic) bond motifs is 1. The standard InChI is InChI=1S/C21H18ClN3O/c1-3-11-24-19-9-5-4-8-17(19)23-21(24)15-12-20(26)25(13-15)18-10-6-7-16(22)14(18)2/h1,4-10,15H,11-13H2,2H3/t15-/m1/s1. The average Bonchev–Trinajstić information content (AvgIpc) is 3.19. The Bertz CT molecular complexity index is 1050. The summed E-state index contributed by atoms with van der Waals surface area (Å²) in [7, 11) is 0. The topological polar surface area (TPSA) is 38.1 Å². The van der Waals surface area contributed by atoms with Crippen molar-refractivity contribution >= 4 is 34.2 Å². The van der Waals surface area contributed by atoms with Crippen molar-refractivity contribution in [3.8, 4) is 12.3 Å². The Labute approximate surface area is 157 Å². The molecule has 1 saturated heterocycles. The van der Waals surface area contributed by atoms with Crippen LogP contribution in [0.1, 0.15) is 23.7 Å². The molecule has 0 bridgehead atoms. The minimum Gasteiger partial charge on any atom is -0.316 e. The fraction of sp³-hybridized carbons (Fsp3) is 0.238. The Morgan fingerprint density at radius 3 is 2.88 bits per heavy atom. The van der Waals surface area contributed by atoms with E-state index in [9.17, 15) is 4.79 Å². The van der Waals surface area contributed by atoms with Gasteiger partial charge in [0.2, 0.25) is 5.91 Å². The first-order chi connectivity index (χ1) is 12.6. The van der Waals surface area contributed by atoms with Gasteiger partial charge < -0.3 is 9.47 Å². The SMILES string of the molecule is C#CCn1c([C@@H]2CC(=O)N(c3cccc(Cl)c3C)C2)nc2ccccc21. The molecule has 3 aromatic rings. The molecule has 2 heterocycles. The van der Waals surface area contributed by atoms with Crippen LogP contribution in [0.3, 0.4) is 0 Å². The lowest BCUT2D eigenvalue weighted by molar-refractivity contribution is -0.117. The van der Waals surface area contributed by atoms with Gasteiger partial charge in [0, 0.05) is 29.6 Å². The highest BCUT2D eigenvalue weighted by Crippen LogP contribution is 2.35. The highest BCUT2D eigenvalue weighted by atomic mass is 35.5. The number of carbonyl (C=O) groups excluding carboxylic acids is 1. The molecule has 1 aromatic heterocycles. The van der Waals surface area contributed by atoms with Crippen molar-refractivity contribution in [1.82, 2.24) is 9.55 Å². The number of para-hydroxylation sites is 2. The van der Waals surface area contributed by atoms with E-state index in [4.69, 9.17) is 23.0 Å². The number of anilines is 1. The van der Waals surface area contributed by atoms with Crippen LogP contribution in [-0.4, -0.2) is 22.0 Å². The molecule has 0 unspecified atom stereocenters. The number of amides is 1. The quantitative estimate of drug-likeness (QED) is 0.655. The summed E-state index contributed by atoms with van der Waals surface area (Å²) >= 11 is 6.24. The second kappa shape index (κ2) is 6.51. The zero-order valence-corrected chi connectivity index (χ0v) is 15.2. The second-order valence-corrected chi connectivity index (χ2v) is 6.95. The van der Waals surface area contributed by atoms with Gasteiger partial charge in [0.25, 0.3) is 0 Å². The molecule has 1 amide bonds. The van der Waals surface area contributed by atoms with Crippen molar-refractivity contribution in [3.63, 3.8) is 0 Å². The van der Waals surface area contributed by atoms with E-state index in [1.807, 2.05) is 58.9 Å². The number of terminal acetylenes is 1. The highest BCUT2D eigenvalue weighted by molar-refractivity contribution is 6.31. The lowest BCUT2D eigenvalue weighted by Gasteiger charge is -2.20. The van der Waals surface area contributed by atoms with Gasteiger partial charge in [-0.2, -0.15) is 0 Å². The minimum absolute atomic E-state index is 0.00151. The molecule has 26 heavy (non-hydrogen) atoms. The molecule has 2 aromatic carbocycles. The summed E-state index contributed by atoms with van der Waals surface area (Å²) in [5.41, 5.74) is 3.69. The van der Waals surface area contributed by atoms with Crippen LogP contribution in [0.2, 0.25) is 5.02 Å². The zero-order chi connectivity index (χ0) is 18.3. The highest BCUT2D eigenvalue weighted by Gasteiger charge is 2.35. The molecule has 0 radical (unpaired) electrons. The summed E-state index contributed by atoms with van der Waals surface area (Å²) in [5, 5.41) is 0.665. The van der Waals surface area contributed by atoms with Gasteiger partial charge in [-0.3, -0.25) is 4.79 Å². The molecule has 130 valence electrons. The monoisotopic (exact) mass is 363 g/mol. The molecule has 1 fully saturated rings. The molecule has 0 aliphatic carbocycles. The number of benzene rings is 2. The number of imidazole rings is 1. The summed E-state index contributed by atoms with van der Waals surface area (Å²) in [5.74, 6) is 3.66. The first kappa shape index (κ1) is 16.7. The van der Waals surface area contributed by atoms with Gasteiger partial charge in [-0.1, -0.05) is 35.7 Å². The predicted octanol–water partition coefficient (Wildman–Crippen LogP) is 4.15. The van der Waals surface area contributed by atoms with E-state index in [1.165, 1.54) is 0 Å². The third-order valence-corrected chi connectivity index (χ3v) is 5.36. The van der Waals surface area contributed by atoms with Gasteiger partial charge >= 0.3 is 0 Å². The average molecular weight is 364 g/mol. The lowest BCUT2D eigenvalue weighted by atomic mass is 10.1. The second-order valence-electron chi connectivity index (χ2n) is 6.54. The maximum atomic E-state index is 12.7. The van der Waals surface area contributed by atoms with Crippen molar-refractivity contribution in [2.45, 2.75) is 25.8 Å². The van der Waals surface area contributed by atoms with Crippen LogP contribution in [0.5, 0.6) is 0 Å². The molecule has 1 aliphatic heterocycles. The van der Waals surface area contributed by atoms with E-state index in [0.717, 1.165) is 28.1 Å². The van der Waals surface area contributed by atoms with Crippen LogP contribution in [-0.2, 0) is 11.3 Å². The number of hydrogen-bond acceptors (Lipinski definition) is 2. The van der Waals surface area contributed by atoms with E-state index in [-0.39, 0.29) is 11.8 Å². The Morgan fingerprint density at radius 2 is 2.08 bits per heavy atom. The fourth-order valence-electron chi connectivity index (χ4n) is 3.67. The molecular formula is C21H18ClN3O. The Balaban J connectivity index is 1.74. The van der Waals surface area contributed by atoms with Crippen molar-refractivity contribution in [1.29, 1.82) is 0 Å². The largest absolute Gasteiger partial charge is 0.316 e. The first-order valence-corrected chi connectivity index (χ1v) is 8.92. The lowest BCUT2D eigenvalue weighted by Crippen LogP contribution is -2.25. The summed E-state index contributed by atoms with van der Waals surface area (Å²) in [4.78, 5) is 19.3. The summed E-state index contributed by atoms with van der Waals surface area (Å²) in [6, 6.07) is 13.6. The molecule has 0 N–H and O–H groups in total. The van der Waals surface area contributed by atoms with E-state index < -0.39 is 0 Å². The third kappa shape index (κ3) is 2.65. The molecule has 4 rings (SSSR count). The van der Waals surface area contributed by atoms with E-state index in [2.05, 4.69) is 5.92 Å². The zero-order valence-electron chi connectivity index (χ0n) is 14.4. The summed E-state index contributed by atoms with van der Waals surface area (Å²) in [6.45, 7) is 2.95. The van der Waals surface area contributed by atoms with Crippen LogP contribution in [0, 0.1) is 19.3 Å². The van der Waals surface area contributed by atoms with E-state index in [1.54, 1.807) is 0 Å². The van der Waals surface area contributed by atoms with Crippen LogP contribution in [0.15, 0.2) is 42.5 Å². The maximum Gasteiger partial charge on any atom is 0.227 e. The van der Waals surface area contributed by atoms with Crippen LogP contribution in [0.4, 0.5) is 5.69 Å². The Hall–Kier alpha value is -2.77. The van der Waals surface area contributed by atoms with Gasteiger partial charge in [0.1, 0.15) is 5.82 Å². The number of hydrogen-bond donors (Lipinski definition) is 0. The van der Waals surface area contributed by atoms with Crippen molar-refractivity contribution in [3.05, 3.63) is 58.9 Å². The molecule has 0 spiro atoms. The fourth-order valence-corrected chi connectivity index (χ4v) is 3.83. The first-order valence-electron chi connectivity index (χ1n) is 8.54. The number of halogens is 1. The third-order valence-electron chi connectivity index (χ3n) is 4.95. The molecule has 4 nitrogen and oxygen atoms in total. The van der Waals surface area contributed by atoms with Crippen molar-refractivity contribution in [2.24, 2.45) is 0 Å².